The molecule has 0 unspecified atom stereocenters. The van der Waals surface area contributed by atoms with Gasteiger partial charge in [-0.3, -0.25) is 0 Å². The SMILES string of the molecule is CC(C)(C)CC1CCC(NC(C)(C)C)CC1.CC(C)(C)CCCCNC(C)(C)C.CC(C)(C)Cc1ccc(NC(C)(C)C)cc1. The van der Waals surface area contributed by atoms with E-state index >= 15 is 0 Å². The van der Waals surface area contributed by atoms with E-state index in [1.54, 1.807) is 0 Å². The highest BCUT2D eigenvalue weighted by molar-refractivity contribution is 5.46. The zero-order valence-electron chi connectivity index (χ0n) is 34.0. The number of benzene rings is 1. The normalized spacial score (nSPS) is 18.4. The third-order valence-electron chi connectivity index (χ3n) is 7.60. The fourth-order valence-electron chi connectivity index (χ4n) is 5.98. The van der Waals surface area contributed by atoms with Crippen molar-refractivity contribution >= 4 is 5.69 Å². The van der Waals surface area contributed by atoms with Crippen LogP contribution in [0.1, 0.15) is 182 Å². The van der Waals surface area contributed by atoms with E-state index in [1.807, 2.05) is 0 Å². The molecule has 0 aromatic heterocycles. The second-order valence-corrected chi connectivity index (χ2v) is 20.9. The summed E-state index contributed by atoms with van der Waals surface area (Å²) in [5.74, 6) is 0.970. The van der Waals surface area contributed by atoms with Crippen LogP contribution in [0, 0.1) is 22.2 Å². The summed E-state index contributed by atoms with van der Waals surface area (Å²) in [6.45, 7) is 42.0. The second-order valence-electron chi connectivity index (χ2n) is 20.9. The molecule has 0 aliphatic heterocycles. The van der Waals surface area contributed by atoms with E-state index in [0.29, 0.717) is 16.2 Å². The van der Waals surface area contributed by atoms with Crippen molar-refractivity contribution in [2.24, 2.45) is 22.2 Å². The van der Waals surface area contributed by atoms with Gasteiger partial charge in [-0.15, -0.1) is 0 Å². The summed E-state index contributed by atoms with van der Waals surface area (Å²) in [4.78, 5) is 0. The fourth-order valence-corrected chi connectivity index (χ4v) is 5.98. The van der Waals surface area contributed by atoms with Crippen molar-refractivity contribution < 1.29 is 0 Å². The molecule has 1 fully saturated rings. The molecule has 1 aliphatic rings. The van der Waals surface area contributed by atoms with Gasteiger partial charge >= 0.3 is 0 Å². The van der Waals surface area contributed by atoms with Crippen LogP contribution < -0.4 is 16.0 Å². The maximum Gasteiger partial charge on any atom is 0.0344 e. The van der Waals surface area contributed by atoms with E-state index in [-0.39, 0.29) is 16.6 Å². The predicted octanol–water partition coefficient (Wildman–Crippen LogP) is 12.4. The first kappa shape index (κ1) is 43.9. The lowest BCUT2D eigenvalue weighted by atomic mass is 9.76. The Balaban J connectivity index is 0.000000651. The lowest BCUT2D eigenvalue weighted by Crippen LogP contribution is -2.45. The Morgan fingerprint density at radius 2 is 1.07 bits per heavy atom. The lowest BCUT2D eigenvalue weighted by Gasteiger charge is -2.36. The molecular formula is C42H83N3. The summed E-state index contributed by atoms with van der Waals surface area (Å²) in [6.07, 6.45) is 12.1. The average Bonchev–Trinajstić information content (AvgIpc) is 2.77. The van der Waals surface area contributed by atoms with Gasteiger partial charge in [-0.05, 0) is 160 Å². The minimum Gasteiger partial charge on any atom is -0.380 e. The van der Waals surface area contributed by atoms with Crippen molar-refractivity contribution in [1.82, 2.24) is 10.6 Å². The molecule has 3 nitrogen and oxygen atoms in total. The van der Waals surface area contributed by atoms with Crippen LogP contribution in [0.2, 0.25) is 0 Å². The van der Waals surface area contributed by atoms with Gasteiger partial charge in [0.1, 0.15) is 0 Å². The molecule has 0 heterocycles. The molecule has 3 N–H and O–H groups in total. The Morgan fingerprint density at radius 3 is 1.44 bits per heavy atom. The van der Waals surface area contributed by atoms with Crippen molar-refractivity contribution in [3.8, 4) is 0 Å². The molecule has 266 valence electrons. The molecule has 1 aromatic carbocycles. The van der Waals surface area contributed by atoms with Gasteiger partial charge in [0.2, 0.25) is 0 Å². The van der Waals surface area contributed by atoms with Crippen LogP contribution in [0.15, 0.2) is 24.3 Å². The molecule has 1 aliphatic carbocycles. The van der Waals surface area contributed by atoms with Gasteiger partial charge in [0.25, 0.3) is 0 Å². The van der Waals surface area contributed by atoms with Gasteiger partial charge in [0.15, 0.2) is 0 Å². The molecule has 2 rings (SSSR count). The van der Waals surface area contributed by atoms with E-state index in [1.165, 1.54) is 62.6 Å². The second kappa shape index (κ2) is 18.5. The van der Waals surface area contributed by atoms with Crippen molar-refractivity contribution in [2.75, 3.05) is 11.9 Å². The van der Waals surface area contributed by atoms with Gasteiger partial charge in [0.05, 0.1) is 0 Å². The molecule has 45 heavy (non-hydrogen) atoms. The maximum absolute atomic E-state index is 3.74. The quantitative estimate of drug-likeness (QED) is 0.250. The molecule has 3 heteroatoms. The van der Waals surface area contributed by atoms with Crippen molar-refractivity contribution in [3.05, 3.63) is 29.8 Å². The van der Waals surface area contributed by atoms with Crippen LogP contribution in [-0.4, -0.2) is 29.2 Å². The molecule has 0 atom stereocenters. The van der Waals surface area contributed by atoms with E-state index in [4.69, 9.17) is 0 Å². The molecule has 0 bridgehead atoms. The van der Waals surface area contributed by atoms with Gasteiger partial charge < -0.3 is 16.0 Å². The number of anilines is 1. The van der Waals surface area contributed by atoms with Crippen LogP contribution >= 0.6 is 0 Å². The van der Waals surface area contributed by atoms with Crippen molar-refractivity contribution in [2.45, 2.75) is 205 Å². The topological polar surface area (TPSA) is 36.1 Å². The Morgan fingerprint density at radius 1 is 0.556 bits per heavy atom. The highest BCUT2D eigenvalue weighted by Crippen LogP contribution is 2.34. The van der Waals surface area contributed by atoms with E-state index in [2.05, 4.69) is 165 Å². The average molecular weight is 630 g/mol. The predicted molar refractivity (Wildman–Crippen MR) is 207 cm³/mol. The van der Waals surface area contributed by atoms with Gasteiger partial charge in [-0.2, -0.15) is 0 Å². The van der Waals surface area contributed by atoms with E-state index < -0.39 is 0 Å². The summed E-state index contributed by atoms with van der Waals surface area (Å²) in [7, 11) is 0. The first-order valence-corrected chi connectivity index (χ1v) is 18.4. The largest absolute Gasteiger partial charge is 0.380 e. The minimum atomic E-state index is 0.130. The highest BCUT2D eigenvalue weighted by atomic mass is 15.0. The summed E-state index contributed by atoms with van der Waals surface area (Å²) in [5, 5.41) is 10.7. The summed E-state index contributed by atoms with van der Waals surface area (Å²) >= 11 is 0. The van der Waals surface area contributed by atoms with E-state index in [0.717, 1.165) is 24.9 Å². The third-order valence-corrected chi connectivity index (χ3v) is 7.60. The zero-order valence-corrected chi connectivity index (χ0v) is 34.0. The minimum absolute atomic E-state index is 0.130. The third kappa shape index (κ3) is 30.0. The molecule has 1 saturated carbocycles. The standard InChI is InChI=1S/C15H31N.C15H25N.C12H27N/c2*1-14(2,3)11-12-7-9-13(10-8-12)16-15(4,5)6;1-11(2,3)9-7-8-10-13-12(4,5)6/h12-13,16H,7-11H2,1-6H3;7-10,16H,11H2,1-6H3;13H,7-10H2,1-6H3. The first-order valence-electron chi connectivity index (χ1n) is 18.4. The molecule has 0 saturated heterocycles. The Hall–Kier alpha value is -1.06. The molecule has 1 aromatic rings. The summed E-state index contributed by atoms with van der Waals surface area (Å²) in [6, 6.07) is 9.55. The molecular weight excluding hydrogens is 546 g/mol. The van der Waals surface area contributed by atoms with Crippen LogP contribution in [0.3, 0.4) is 0 Å². The molecule has 0 radical (unpaired) electrons. The lowest BCUT2D eigenvalue weighted by molar-refractivity contribution is 0.199. The van der Waals surface area contributed by atoms with E-state index in [9.17, 15) is 0 Å². The maximum atomic E-state index is 3.74. The van der Waals surface area contributed by atoms with Crippen LogP contribution in [-0.2, 0) is 6.42 Å². The number of hydrogen-bond acceptors (Lipinski definition) is 3. The van der Waals surface area contributed by atoms with Crippen LogP contribution in [0.4, 0.5) is 5.69 Å². The zero-order chi connectivity index (χ0) is 35.3. The van der Waals surface area contributed by atoms with Crippen LogP contribution in [0.5, 0.6) is 0 Å². The van der Waals surface area contributed by atoms with Gasteiger partial charge in [-0.1, -0.05) is 80.9 Å². The number of hydrogen-bond donors (Lipinski definition) is 3. The fraction of sp³-hybridized carbons (Fsp3) is 0.857. The Kier molecular flexibility index (Phi) is 18.0. The highest BCUT2D eigenvalue weighted by Gasteiger charge is 2.26. The summed E-state index contributed by atoms with van der Waals surface area (Å²) < 4.78 is 0. The smallest absolute Gasteiger partial charge is 0.0344 e. The Labute approximate surface area is 284 Å². The Bertz CT molecular complexity index is 804. The van der Waals surface area contributed by atoms with Gasteiger partial charge in [-0.25, -0.2) is 0 Å². The van der Waals surface area contributed by atoms with Gasteiger partial charge in [0, 0.05) is 28.3 Å². The summed E-state index contributed by atoms with van der Waals surface area (Å²) in [5.41, 5.74) is 4.67. The number of rotatable bonds is 8. The molecule has 0 amide bonds. The molecule has 0 spiro atoms. The number of nitrogens with one attached hydrogen (secondary N) is 3. The number of unbranched alkanes of at least 4 members (excludes halogenated alkanes) is 1. The van der Waals surface area contributed by atoms with Crippen LogP contribution in [0.25, 0.3) is 0 Å². The van der Waals surface area contributed by atoms with Crippen molar-refractivity contribution in [3.63, 3.8) is 0 Å². The van der Waals surface area contributed by atoms with Crippen molar-refractivity contribution in [1.29, 1.82) is 0 Å². The monoisotopic (exact) mass is 630 g/mol. The first-order chi connectivity index (χ1) is 20.0.